The quantitative estimate of drug-likeness (QED) is 0.795. The first-order valence-corrected chi connectivity index (χ1v) is 4.99. The van der Waals surface area contributed by atoms with Crippen LogP contribution in [0.4, 0.5) is 24.5 Å². The number of aliphatic hydroxyl groups excluding tert-OH is 1. The monoisotopic (exact) mass is 299 g/mol. The third-order valence-electron chi connectivity index (χ3n) is 1.78. The average molecular weight is 300 g/mol. The van der Waals surface area contributed by atoms with Crippen LogP contribution in [0, 0.1) is 0 Å². The lowest BCUT2D eigenvalue weighted by molar-refractivity contribution is -0.198. The number of aliphatic hydroxyl groups is 1. The van der Waals surface area contributed by atoms with Crippen molar-refractivity contribution in [2.75, 3.05) is 17.6 Å². The minimum Gasteiger partial charge on any atom is -0.396 e. The van der Waals surface area contributed by atoms with Gasteiger partial charge in [0.1, 0.15) is 0 Å². The maximum absolute atomic E-state index is 12.0. The summed E-state index contributed by atoms with van der Waals surface area (Å²) in [6, 6.07) is 0. The molecule has 0 aliphatic heterocycles. The molecule has 0 aliphatic rings. The van der Waals surface area contributed by atoms with Crippen molar-refractivity contribution >= 4 is 27.3 Å². The van der Waals surface area contributed by atoms with E-state index < -0.39 is 18.8 Å². The van der Waals surface area contributed by atoms with Gasteiger partial charge in [-0.3, -0.25) is 4.98 Å². The van der Waals surface area contributed by atoms with E-state index in [-0.39, 0.29) is 11.4 Å². The second-order valence-electron chi connectivity index (χ2n) is 3.02. The summed E-state index contributed by atoms with van der Waals surface area (Å²) < 4.78 is 36.5. The van der Waals surface area contributed by atoms with Gasteiger partial charge in [0.2, 0.25) is 0 Å². The van der Waals surface area contributed by atoms with Crippen LogP contribution >= 0.6 is 15.9 Å². The number of hydrogen-bond donors (Lipinski definition) is 3. The molecule has 8 heteroatoms. The molecule has 90 valence electrons. The van der Waals surface area contributed by atoms with Crippen molar-refractivity contribution in [1.29, 1.82) is 0 Å². The van der Waals surface area contributed by atoms with E-state index in [1.54, 1.807) is 0 Å². The molecule has 1 rings (SSSR count). The van der Waals surface area contributed by atoms with Gasteiger partial charge in [-0.05, 0) is 15.9 Å². The second-order valence-corrected chi connectivity index (χ2v) is 3.88. The number of nitrogens with one attached hydrogen (secondary N) is 1. The summed E-state index contributed by atoms with van der Waals surface area (Å²) in [5, 5.41) is 11.2. The molecule has 0 saturated carbocycles. The number of nitrogens with two attached hydrogens (primary N) is 1. The Morgan fingerprint density at radius 3 is 2.62 bits per heavy atom. The van der Waals surface area contributed by atoms with E-state index in [1.807, 2.05) is 0 Å². The Morgan fingerprint density at radius 1 is 1.50 bits per heavy atom. The summed E-state index contributed by atoms with van der Waals surface area (Å²) >= 11 is 3.08. The smallest absolute Gasteiger partial charge is 0.396 e. The second kappa shape index (κ2) is 4.88. The van der Waals surface area contributed by atoms with Crippen molar-refractivity contribution in [3.63, 3.8) is 0 Å². The molecule has 0 fully saturated rings. The van der Waals surface area contributed by atoms with Gasteiger partial charge in [-0.25, -0.2) is 0 Å². The fourth-order valence-corrected chi connectivity index (χ4v) is 1.44. The van der Waals surface area contributed by atoms with Gasteiger partial charge in [-0.1, -0.05) is 0 Å². The Balaban J connectivity index is 2.69. The molecule has 0 bridgehead atoms. The number of alkyl halides is 3. The van der Waals surface area contributed by atoms with E-state index in [9.17, 15) is 13.2 Å². The van der Waals surface area contributed by atoms with Crippen LogP contribution < -0.4 is 11.1 Å². The number of rotatable bonds is 3. The maximum atomic E-state index is 12.0. The van der Waals surface area contributed by atoms with Gasteiger partial charge in [0.05, 0.1) is 22.0 Å². The molecule has 0 spiro atoms. The van der Waals surface area contributed by atoms with Crippen LogP contribution in [0.3, 0.4) is 0 Å². The number of nitrogen functional groups attached to an aromatic ring is 1. The summed E-state index contributed by atoms with van der Waals surface area (Å²) in [6.45, 7) is -0.670. The predicted octanol–water partition coefficient (Wildman–Crippen LogP) is 1.76. The number of halogens is 4. The fraction of sp³-hybridized carbons (Fsp3) is 0.375. The highest BCUT2D eigenvalue weighted by Crippen LogP contribution is 2.28. The molecule has 1 aromatic rings. The number of hydrogen-bond acceptors (Lipinski definition) is 4. The van der Waals surface area contributed by atoms with Crippen molar-refractivity contribution in [1.82, 2.24) is 4.98 Å². The van der Waals surface area contributed by atoms with Crippen LogP contribution in [0.15, 0.2) is 16.9 Å². The largest absolute Gasteiger partial charge is 0.416 e. The van der Waals surface area contributed by atoms with Crippen molar-refractivity contribution in [2.24, 2.45) is 0 Å². The Kier molecular flexibility index (Phi) is 3.98. The fourth-order valence-electron chi connectivity index (χ4n) is 0.951. The lowest BCUT2D eigenvalue weighted by Gasteiger charge is -2.17. The molecule has 1 aromatic heterocycles. The van der Waals surface area contributed by atoms with Crippen molar-refractivity contribution in [3.05, 3.63) is 16.9 Å². The zero-order valence-electron chi connectivity index (χ0n) is 7.92. The Hall–Kier alpha value is -1.02. The highest BCUT2D eigenvalue weighted by atomic mass is 79.9. The Morgan fingerprint density at radius 2 is 2.12 bits per heavy atom. The topological polar surface area (TPSA) is 71.2 Å². The third kappa shape index (κ3) is 3.24. The van der Waals surface area contributed by atoms with Gasteiger partial charge in [0.15, 0.2) is 6.10 Å². The zero-order chi connectivity index (χ0) is 12.3. The van der Waals surface area contributed by atoms with Crippen molar-refractivity contribution < 1.29 is 18.3 Å². The van der Waals surface area contributed by atoms with Crippen LogP contribution in [0.2, 0.25) is 0 Å². The van der Waals surface area contributed by atoms with Crippen LogP contribution in [0.5, 0.6) is 0 Å². The lowest BCUT2D eigenvalue weighted by atomic mass is 10.3. The molecule has 0 aromatic carbocycles. The van der Waals surface area contributed by atoms with E-state index in [2.05, 4.69) is 26.2 Å². The molecule has 0 radical (unpaired) electrons. The molecule has 1 heterocycles. The molecule has 0 amide bonds. The molecule has 4 N–H and O–H groups in total. The molecule has 1 atom stereocenters. The van der Waals surface area contributed by atoms with Crippen LogP contribution in [0.25, 0.3) is 0 Å². The highest BCUT2D eigenvalue weighted by Gasteiger charge is 2.37. The first kappa shape index (κ1) is 13.0. The first-order valence-electron chi connectivity index (χ1n) is 4.20. The van der Waals surface area contributed by atoms with Crippen LogP contribution in [-0.2, 0) is 0 Å². The maximum Gasteiger partial charge on any atom is 0.416 e. The van der Waals surface area contributed by atoms with Gasteiger partial charge in [-0.2, -0.15) is 13.2 Å². The van der Waals surface area contributed by atoms with E-state index in [0.29, 0.717) is 4.47 Å². The normalized spacial score (nSPS) is 13.6. The summed E-state index contributed by atoms with van der Waals surface area (Å²) in [6.07, 6.45) is -4.40. The van der Waals surface area contributed by atoms with E-state index in [1.165, 1.54) is 12.4 Å². The summed E-state index contributed by atoms with van der Waals surface area (Å²) in [5.74, 6) is 0. The standard InChI is InChI=1S/C8H9BrF3N3O/c9-4-1-14-2-5(13)7(4)15-3-6(16)8(10,11)12/h1-2,6,16H,3,13H2,(H,14,15). The number of pyridine rings is 1. The SMILES string of the molecule is Nc1cncc(Br)c1NCC(O)C(F)(F)F. The summed E-state index contributed by atoms with van der Waals surface area (Å²) in [5.41, 5.74) is 5.97. The van der Waals surface area contributed by atoms with Crippen LogP contribution in [0.1, 0.15) is 0 Å². The average Bonchev–Trinajstić information content (AvgIpc) is 2.15. The number of aromatic nitrogens is 1. The van der Waals surface area contributed by atoms with Gasteiger partial charge in [-0.15, -0.1) is 0 Å². The van der Waals surface area contributed by atoms with Gasteiger partial charge >= 0.3 is 6.18 Å². The van der Waals surface area contributed by atoms with E-state index in [4.69, 9.17) is 10.8 Å². The first-order chi connectivity index (χ1) is 7.32. The van der Waals surface area contributed by atoms with Gasteiger partial charge in [0, 0.05) is 12.7 Å². The van der Waals surface area contributed by atoms with Gasteiger partial charge in [0.25, 0.3) is 0 Å². The predicted molar refractivity (Wildman–Crippen MR) is 56.9 cm³/mol. The highest BCUT2D eigenvalue weighted by molar-refractivity contribution is 9.10. The van der Waals surface area contributed by atoms with Gasteiger partial charge < -0.3 is 16.2 Å². The van der Waals surface area contributed by atoms with E-state index >= 15 is 0 Å². The lowest BCUT2D eigenvalue weighted by Crippen LogP contribution is -2.35. The number of nitrogens with zero attached hydrogens (tertiary/aromatic N) is 1. The van der Waals surface area contributed by atoms with Crippen molar-refractivity contribution in [2.45, 2.75) is 12.3 Å². The molecule has 1 unspecified atom stereocenters. The molecular formula is C8H9BrF3N3O. The Labute approximate surface area is 97.8 Å². The molecule has 4 nitrogen and oxygen atoms in total. The summed E-state index contributed by atoms with van der Waals surface area (Å²) in [4.78, 5) is 3.72. The zero-order valence-corrected chi connectivity index (χ0v) is 9.51. The molecular weight excluding hydrogens is 291 g/mol. The number of anilines is 2. The molecule has 0 aliphatic carbocycles. The minimum atomic E-state index is -4.65. The van der Waals surface area contributed by atoms with Crippen LogP contribution in [-0.4, -0.2) is 28.9 Å². The minimum absolute atomic E-state index is 0.198. The summed E-state index contributed by atoms with van der Waals surface area (Å²) in [7, 11) is 0. The van der Waals surface area contributed by atoms with Crippen molar-refractivity contribution in [3.8, 4) is 0 Å². The molecule has 16 heavy (non-hydrogen) atoms. The Bertz CT molecular complexity index is 352. The molecule has 0 saturated heterocycles. The third-order valence-corrected chi connectivity index (χ3v) is 2.38. The van der Waals surface area contributed by atoms with E-state index in [0.717, 1.165) is 0 Å².